The van der Waals surface area contributed by atoms with E-state index in [1.807, 2.05) is 13.8 Å². The highest BCUT2D eigenvalue weighted by Gasteiger charge is 2.32. The van der Waals surface area contributed by atoms with Crippen LogP contribution in [0, 0.1) is 0 Å². The highest BCUT2D eigenvalue weighted by atomic mass is 16.7. The third-order valence-electron chi connectivity index (χ3n) is 2.13. The maximum Gasteiger partial charge on any atom is 0.232 e. The molecular formula is C10H15N3O3. The van der Waals surface area contributed by atoms with Crippen molar-refractivity contribution in [2.24, 2.45) is 0 Å². The lowest BCUT2D eigenvalue weighted by molar-refractivity contribution is -0.141. The second kappa shape index (κ2) is 4.23. The first-order valence-electron chi connectivity index (χ1n) is 5.07. The standard InChI is InChI=1S/C10H15N3O3/c1-10(2)15-6-7(16-10)5-14-9-4-12-8(11)3-13-9/h3-4,7H,5-6H2,1-2H3,(H2,11,12). The third-order valence-corrected chi connectivity index (χ3v) is 2.13. The van der Waals surface area contributed by atoms with Crippen LogP contribution in [0.3, 0.4) is 0 Å². The number of ether oxygens (including phenoxy) is 3. The molecule has 1 fully saturated rings. The molecule has 88 valence electrons. The van der Waals surface area contributed by atoms with Crippen LogP contribution in [0.2, 0.25) is 0 Å². The summed E-state index contributed by atoms with van der Waals surface area (Å²) in [4.78, 5) is 7.84. The van der Waals surface area contributed by atoms with Crippen molar-refractivity contribution in [3.63, 3.8) is 0 Å². The molecule has 0 aliphatic carbocycles. The molecule has 0 amide bonds. The molecule has 1 atom stereocenters. The smallest absolute Gasteiger partial charge is 0.232 e. The van der Waals surface area contributed by atoms with E-state index >= 15 is 0 Å². The van der Waals surface area contributed by atoms with E-state index < -0.39 is 5.79 Å². The lowest BCUT2D eigenvalue weighted by atomic mass is 10.4. The van der Waals surface area contributed by atoms with Crippen molar-refractivity contribution in [3.8, 4) is 5.88 Å². The van der Waals surface area contributed by atoms with Gasteiger partial charge in [0.25, 0.3) is 0 Å². The first-order chi connectivity index (χ1) is 7.55. The normalized spacial score (nSPS) is 23.2. The van der Waals surface area contributed by atoms with E-state index in [9.17, 15) is 0 Å². The van der Waals surface area contributed by atoms with Crippen molar-refractivity contribution in [3.05, 3.63) is 12.4 Å². The molecule has 1 saturated heterocycles. The van der Waals surface area contributed by atoms with Crippen LogP contribution in [0.25, 0.3) is 0 Å². The largest absolute Gasteiger partial charge is 0.474 e. The Kier molecular flexibility index (Phi) is 2.93. The molecular weight excluding hydrogens is 210 g/mol. The maximum atomic E-state index is 5.57. The molecule has 0 spiro atoms. The summed E-state index contributed by atoms with van der Waals surface area (Å²) in [5.41, 5.74) is 5.41. The fraction of sp³-hybridized carbons (Fsp3) is 0.600. The minimum absolute atomic E-state index is 0.0747. The molecule has 0 bridgehead atoms. The summed E-state index contributed by atoms with van der Waals surface area (Å²) < 4.78 is 16.4. The van der Waals surface area contributed by atoms with E-state index in [1.54, 1.807) is 0 Å². The quantitative estimate of drug-likeness (QED) is 0.811. The van der Waals surface area contributed by atoms with Crippen molar-refractivity contribution in [1.29, 1.82) is 0 Å². The Balaban J connectivity index is 1.82. The van der Waals surface area contributed by atoms with Gasteiger partial charge in [-0.3, -0.25) is 0 Å². The number of rotatable bonds is 3. The van der Waals surface area contributed by atoms with Crippen LogP contribution in [-0.4, -0.2) is 35.1 Å². The predicted molar refractivity (Wildman–Crippen MR) is 56.8 cm³/mol. The first-order valence-corrected chi connectivity index (χ1v) is 5.07. The molecule has 2 rings (SSSR count). The van der Waals surface area contributed by atoms with Crippen molar-refractivity contribution in [1.82, 2.24) is 9.97 Å². The number of hydrogen-bond acceptors (Lipinski definition) is 6. The summed E-state index contributed by atoms with van der Waals surface area (Å²) in [6.45, 7) is 4.66. The van der Waals surface area contributed by atoms with Gasteiger partial charge in [-0.25, -0.2) is 9.97 Å². The van der Waals surface area contributed by atoms with Gasteiger partial charge < -0.3 is 19.9 Å². The fourth-order valence-corrected chi connectivity index (χ4v) is 1.42. The van der Waals surface area contributed by atoms with E-state index in [-0.39, 0.29) is 6.10 Å². The van der Waals surface area contributed by atoms with Crippen LogP contribution in [0.4, 0.5) is 5.82 Å². The summed E-state index contributed by atoms with van der Waals surface area (Å²) in [5, 5.41) is 0. The van der Waals surface area contributed by atoms with Crippen molar-refractivity contribution >= 4 is 5.82 Å². The highest BCUT2D eigenvalue weighted by molar-refractivity contribution is 5.24. The molecule has 16 heavy (non-hydrogen) atoms. The molecule has 1 unspecified atom stereocenters. The minimum Gasteiger partial charge on any atom is -0.474 e. The first kappa shape index (κ1) is 11.1. The fourth-order valence-electron chi connectivity index (χ4n) is 1.42. The van der Waals surface area contributed by atoms with Gasteiger partial charge >= 0.3 is 0 Å². The van der Waals surface area contributed by atoms with Gasteiger partial charge in [-0.2, -0.15) is 0 Å². The Morgan fingerprint density at radius 2 is 2.31 bits per heavy atom. The molecule has 0 radical (unpaired) electrons. The Bertz CT molecular complexity index is 353. The van der Waals surface area contributed by atoms with Gasteiger partial charge in [-0.1, -0.05) is 0 Å². The van der Waals surface area contributed by atoms with Gasteiger partial charge in [-0.05, 0) is 13.8 Å². The molecule has 1 aliphatic heterocycles. The Morgan fingerprint density at radius 3 is 2.88 bits per heavy atom. The number of hydrogen-bond donors (Lipinski definition) is 1. The summed E-state index contributed by atoms with van der Waals surface area (Å²) >= 11 is 0. The minimum atomic E-state index is -0.527. The van der Waals surface area contributed by atoms with Crippen molar-refractivity contribution in [2.75, 3.05) is 18.9 Å². The number of anilines is 1. The van der Waals surface area contributed by atoms with Gasteiger partial charge in [0.15, 0.2) is 5.79 Å². The second-order valence-corrected chi connectivity index (χ2v) is 4.04. The van der Waals surface area contributed by atoms with E-state index in [4.69, 9.17) is 19.9 Å². The van der Waals surface area contributed by atoms with Gasteiger partial charge in [-0.15, -0.1) is 0 Å². The van der Waals surface area contributed by atoms with E-state index in [2.05, 4.69) is 9.97 Å². The molecule has 0 aromatic carbocycles. The van der Waals surface area contributed by atoms with Crippen LogP contribution in [0.1, 0.15) is 13.8 Å². The number of nitrogens with zero attached hydrogens (tertiary/aromatic N) is 2. The SMILES string of the molecule is CC1(C)OCC(COc2cnc(N)cn2)O1. The number of nitrogen functional groups attached to an aromatic ring is 1. The molecule has 1 aromatic heterocycles. The zero-order valence-corrected chi connectivity index (χ0v) is 9.34. The lowest BCUT2D eigenvalue weighted by Crippen LogP contribution is -2.25. The van der Waals surface area contributed by atoms with Gasteiger partial charge in [0.05, 0.1) is 19.0 Å². The Morgan fingerprint density at radius 1 is 1.50 bits per heavy atom. The topological polar surface area (TPSA) is 79.5 Å². The van der Waals surface area contributed by atoms with Crippen LogP contribution >= 0.6 is 0 Å². The van der Waals surface area contributed by atoms with E-state index in [1.165, 1.54) is 12.4 Å². The molecule has 0 saturated carbocycles. The highest BCUT2D eigenvalue weighted by Crippen LogP contribution is 2.22. The number of aromatic nitrogens is 2. The summed E-state index contributed by atoms with van der Waals surface area (Å²) in [6, 6.07) is 0. The summed E-state index contributed by atoms with van der Waals surface area (Å²) in [7, 11) is 0. The van der Waals surface area contributed by atoms with E-state index in [0.29, 0.717) is 24.9 Å². The molecule has 2 heterocycles. The zero-order valence-electron chi connectivity index (χ0n) is 9.34. The molecule has 1 aliphatic rings. The molecule has 2 N–H and O–H groups in total. The van der Waals surface area contributed by atoms with Crippen molar-refractivity contribution in [2.45, 2.75) is 25.7 Å². The van der Waals surface area contributed by atoms with E-state index in [0.717, 1.165) is 0 Å². The van der Waals surface area contributed by atoms with Crippen LogP contribution < -0.4 is 10.5 Å². The third kappa shape index (κ3) is 2.80. The molecule has 6 heteroatoms. The summed E-state index contributed by atoms with van der Waals surface area (Å²) in [5.74, 6) is 0.275. The van der Waals surface area contributed by atoms with Gasteiger partial charge in [0.1, 0.15) is 18.5 Å². The van der Waals surface area contributed by atoms with Crippen LogP contribution in [-0.2, 0) is 9.47 Å². The lowest BCUT2D eigenvalue weighted by Gasteiger charge is -2.17. The average molecular weight is 225 g/mol. The van der Waals surface area contributed by atoms with Crippen molar-refractivity contribution < 1.29 is 14.2 Å². The predicted octanol–water partition coefficient (Wildman–Crippen LogP) is 0.589. The number of nitrogens with two attached hydrogens (primary N) is 1. The Hall–Kier alpha value is -1.40. The van der Waals surface area contributed by atoms with Gasteiger partial charge in [0.2, 0.25) is 5.88 Å². The van der Waals surface area contributed by atoms with Crippen LogP contribution in [0.5, 0.6) is 5.88 Å². The monoisotopic (exact) mass is 225 g/mol. The maximum absolute atomic E-state index is 5.57. The van der Waals surface area contributed by atoms with Crippen LogP contribution in [0.15, 0.2) is 12.4 Å². The molecule has 1 aromatic rings. The second-order valence-electron chi connectivity index (χ2n) is 4.04. The zero-order chi connectivity index (χ0) is 11.6. The van der Waals surface area contributed by atoms with Gasteiger partial charge in [0, 0.05) is 0 Å². The average Bonchev–Trinajstić information content (AvgIpc) is 2.58. The summed E-state index contributed by atoms with van der Waals surface area (Å²) in [6.07, 6.45) is 2.86. The Labute approximate surface area is 93.7 Å². The molecule has 6 nitrogen and oxygen atoms in total.